The van der Waals surface area contributed by atoms with Crippen LogP contribution in [0.2, 0.25) is 0 Å². The molecule has 0 fully saturated rings. The molecule has 2 rings (SSSR count). The minimum absolute atomic E-state index is 0.228. The molecule has 1 aliphatic rings. The second-order valence-corrected chi connectivity index (χ2v) is 6.01. The average Bonchev–Trinajstić information content (AvgIpc) is 2.54. The molecule has 1 aliphatic carbocycles. The summed E-state index contributed by atoms with van der Waals surface area (Å²) in [6.45, 7) is 3.02. The molecule has 0 radical (unpaired) electrons. The van der Waals surface area contributed by atoms with Crippen molar-refractivity contribution < 1.29 is 13.5 Å². The summed E-state index contributed by atoms with van der Waals surface area (Å²) in [6.07, 6.45) is 10.9. The van der Waals surface area contributed by atoms with Crippen LogP contribution in [0.3, 0.4) is 0 Å². The number of halogens is 2. The number of hydrogen-bond acceptors (Lipinski definition) is 1. The Morgan fingerprint density at radius 1 is 1.14 bits per heavy atom. The topological polar surface area (TPSA) is 9.23 Å². The zero-order valence-electron chi connectivity index (χ0n) is 13.4. The van der Waals surface area contributed by atoms with E-state index >= 15 is 0 Å². The molecular weight excluding hydrogens is 282 g/mol. The molecule has 1 aromatic rings. The zero-order valence-corrected chi connectivity index (χ0v) is 13.4. The van der Waals surface area contributed by atoms with E-state index in [0.717, 1.165) is 43.9 Å². The third-order valence-electron chi connectivity index (χ3n) is 4.26. The maximum absolute atomic E-state index is 13.8. The summed E-state index contributed by atoms with van der Waals surface area (Å²) < 4.78 is 33.0. The molecule has 0 spiro atoms. The molecule has 0 bridgehead atoms. The van der Waals surface area contributed by atoms with Crippen molar-refractivity contribution in [2.24, 2.45) is 0 Å². The quantitative estimate of drug-likeness (QED) is 0.544. The van der Waals surface area contributed by atoms with Crippen molar-refractivity contribution in [3.8, 4) is 0 Å². The normalized spacial score (nSPS) is 18.3. The Morgan fingerprint density at radius 3 is 2.68 bits per heavy atom. The number of benzene rings is 1. The van der Waals surface area contributed by atoms with Gasteiger partial charge in [-0.25, -0.2) is 8.78 Å². The van der Waals surface area contributed by atoms with Gasteiger partial charge >= 0.3 is 0 Å². The fourth-order valence-electron chi connectivity index (χ4n) is 2.91. The largest absolute Gasteiger partial charge is 0.378 e. The smallest absolute Gasteiger partial charge is 0.166 e. The van der Waals surface area contributed by atoms with E-state index in [9.17, 15) is 8.78 Å². The highest BCUT2D eigenvalue weighted by atomic mass is 19.2. The molecule has 0 N–H and O–H groups in total. The molecule has 0 heterocycles. The number of hydrogen-bond donors (Lipinski definition) is 0. The van der Waals surface area contributed by atoms with Gasteiger partial charge in [0, 0.05) is 12.2 Å². The van der Waals surface area contributed by atoms with Crippen LogP contribution in [0.5, 0.6) is 0 Å². The third kappa shape index (κ3) is 4.91. The summed E-state index contributed by atoms with van der Waals surface area (Å²) >= 11 is 0. The summed E-state index contributed by atoms with van der Waals surface area (Å²) in [6, 6.07) is 4.37. The molecule has 0 amide bonds. The first-order chi connectivity index (χ1) is 10.7. The third-order valence-corrected chi connectivity index (χ3v) is 4.26. The lowest BCUT2D eigenvalue weighted by atomic mass is 9.91. The van der Waals surface area contributed by atoms with Crippen LogP contribution in [0.4, 0.5) is 8.78 Å². The van der Waals surface area contributed by atoms with E-state index < -0.39 is 11.6 Å². The van der Waals surface area contributed by atoms with Crippen LogP contribution in [0.25, 0.3) is 5.57 Å². The van der Waals surface area contributed by atoms with Gasteiger partial charge in [0.05, 0.1) is 6.10 Å². The van der Waals surface area contributed by atoms with E-state index in [1.165, 1.54) is 25.7 Å². The Balaban J connectivity index is 1.76. The van der Waals surface area contributed by atoms with E-state index in [4.69, 9.17) is 4.74 Å². The van der Waals surface area contributed by atoms with Gasteiger partial charge in [-0.3, -0.25) is 0 Å². The van der Waals surface area contributed by atoms with Crippen molar-refractivity contribution in [1.82, 2.24) is 0 Å². The van der Waals surface area contributed by atoms with Gasteiger partial charge < -0.3 is 4.74 Å². The summed E-state index contributed by atoms with van der Waals surface area (Å²) in [5, 5.41) is 0. The summed E-state index contributed by atoms with van der Waals surface area (Å²) in [7, 11) is 0. The highest BCUT2D eigenvalue weighted by Crippen LogP contribution is 2.30. The zero-order chi connectivity index (χ0) is 15.8. The number of ether oxygens (including phenoxy) is 1. The van der Waals surface area contributed by atoms with E-state index in [0.29, 0.717) is 5.56 Å². The lowest BCUT2D eigenvalue weighted by Crippen LogP contribution is -2.16. The predicted molar refractivity (Wildman–Crippen MR) is 86.7 cm³/mol. The molecular formula is C19H26F2O. The van der Waals surface area contributed by atoms with E-state index in [1.54, 1.807) is 12.1 Å². The number of rotatable bonds is 8. The van der Waals surface area contributed by atoms with Crippen molar-refractivity contribution in [2.75, 3.05) is 6.61 Å². The van der Waals surface area contributed by atoms with Gasteiger partial charge in [0.25, 0.3) is 0 Å². The maximum atomic E-state index is 13.8. The van der Waals surface area contributed by atoms with Gasteiger partial charge in [-0.15, -0.1) is 0 Å². The lowest BCUT2D eigenvalue weighted by molar-refractivity contribution is 0.0458. The molecule has 0 saturated heterocycles. The first kappa shape index (κ1) is 17.1. The molecule has 0 saturated carbocycles. The highest BCUT2D eigenvalue weighted by molar-refractivity contribution is 5.66. The minimum Gasteiger partial charge on any atom is -0.378 e. The van der Waals surface area contributed by atoms with Gasteiger partial charge in [-0.1, -0.05) is 50.8 Å². The molecule has 1 unspecified atom stereocenters. The summed E-state index contributed by atoms with van der Waals surface area (Å²) in [5.74, 6) is -1.51. The van der Waals surface area contributed by atoms with E-state index in [-0.39, 0.29) is 6.10 Å². The average molecular weight is 308 g/mol. The Labute approximate surface area is 132 Å². The fourth-order valence-corrected chi connectivity index (χ4v) is 2.91. The SMILES string of the molecule is CCCCCCCOC1CC=C(c2cccc(F)c2F)CC1. The van der Waals surface area contributed by atoms with Crippen molar-refractivity contribution in [2.45, 2.75) is 64.4 Å². The molecule has 0 aromatic heterocycles. The Morgan fingerprint density at radius 2 is 1.95 bits per heavy atom. The second-order valence-electron chi connectivity index (χ2n) is 6.01. The van der Waals surface area contributed by atoms with E-state index in [1.807, 2.05) is 6.08 Å². The number of allylic oxidation sites excluding steroid dienone is 1. The second kappa shape index (κ2) is 9.04. The van der Waals surface area contributed by atoms with Crippen molar-refractivity contribution in [3.63, 3.8) is 0 Å². The molecule has 0 aliphatic heterocycles. The standard InChI is InChI=1S/C19H26F2O/c1-2-3-4-5-6-14-22-16-12-10-15(11-13-16)17-8-7-9-18(20)19(17)21/h7-10,16H,2-6,11-14H2,1H3. The van der Waals surface area contributed by atoms with Crippen LogP contribution in [-0.2, 0) is 4.74 Å². The van der Waals surface area contributed by atoms with Crippen LogP contribution in [0, 0.1) is 11.6 Å². The van der Waals surface area contributed by atoms with E-state index in [2.05, 4.69) is 6.92 Å². The van der Waals surface area contributed by atoms with Crippen LogP contribution in [-0.4, -0.2) is 12.7 Å². The number of unbranched alkanes of at least 4 members (excludes halogenated alkanes) is 4. The Kier molecular flexibility index (Phi) is 7.04. The van der Waals surface area contributed by atoms with Crippen LogP contribution >= 0.6 is 0 Å². The molecule has 3 heteroatoms. The Hall–Kier alpha value is -1.22. The summed E-state index contributed by atoms with van der Waals surface area (Å²) in [4.78, 5) is 0. The van der Waals surface area contributed by atoms with Gasteiger partial charge in [0.15, 0.2) is 11.6 Å². The fraction of sp³-hybridized carbons (Fsp3) is 0.579. The lowest BCUT2D eigenvalue weighted by Gasteiger charge is -2.23. The molecule has 22 heavy (non-hydrogen) atoms. The minimum atomic E-state index is -0.774. The maximum Gasteiger partial charge on any atom is 0.166 e. The first-order valence-corrected chi connectivity index (χ1v) is 8.47. The van der Waals surface area contributed by atoms with Crippen molar-refractivity contribution in [1.29, 1.82) is 0 Å². The van der Waals surface area contributed by atoms with Gasteiger partial charge in [0.2, 0.25) is 0 Å². The van der Waals surface area contributed by atoms with Crippen LogP contribution < -0.4 is 0 Å². The predicted octanol–water partition coefficient (Wildman–Crippen LogP) is 5.89. The highest BCUT2D eigenvalue weighted by Gasteiger charge is 2.18. The first-order valence-electron chi connectivity index (χ1n) is 8.47. The van der Waals surface area contributed by atoms with Gasteiger partial charge in [-0.2, -0.15) is 0 Å². The van der Waals surface area contributed by atoms with Crippen LogP contribution in [0.15, 0.2) is 24.3 Å². The van der Waals surface area contributed by atoms with Gasteiger partial charge in [0.1, 0.15) is 0 Å². The summed E-state index contributed by atoms with van der Waals surface area (Å²) in [5.41, 5.74) is 1.30. The molecule has 1 nitrogen and oxygen atoms in total. The molecule has 1 aromatic carbocycles. The van der Waals surface area contributed by atoms with Crippen LogP contribution in [0.1, 0.15) is 63.9 Å². The Bertz CT molecular complexity index is 496. The monoisotopic (exact) mass is 308 g/mol. The van der Waals surface area contributed by atoms with Crippen molar-refractivity contribution in [3.05, 3.63) is 41.5 Å². The molecule has 122 valence electrons. The van der Waals surface area contributed by atoms with Crippen molar-refractivity contribution >= 4 is 5.57 Å². The molecule has 1 atom stereocenters. The van der Waals surface area contributed by atoms with Gasteiger partial charge in [-0.05, 0) is 37.3 Å².